The van der Waals surface area contributed by atoms with Gasteiger partial charge in [0.25, 0.3) is 0 Å². The van der Waals surface area contributed by atoms with Crippen LogP contribution in [0.15, 0.2) is 0 Å². The van der Waals surface area contributed by atoms with Gasteiger partial charge in [0, 0.05) is 5.54 Å². The Morgan fingerprint density at radius 1 is 1.17 bits per heavy atom. The first-order chi connectivity index (χ1) is 5.60. The van der Waals surface area contributed by atoms with Gasteiger partial charge in [-0.15, -0.1) is 0 Å². The molecule has 2 heteroatoms. The first kappa shape index (κ1) is 11.9. The van der Waals surface area contributed by atoms with Gasteiger partial charge < -0.3 is 11.5 Å². The van der Waals surface area contributed by atoms with E-state index in [0.717, 1.165) is 25.7 Å². The minimum Gasteiger partial charge on any atom is -0.330 e. The Morgan fingerprint density at radius 3 is 1.83 bits per heavy atom. The van der Waals surface area contributed by atoms with Gasteiger partial charge in [-0.3, -0.25) is 0 Å². The maximum absolute atomic E-state index is 6.29. The summed E-state index contributed by atoms with van der Waals surface area (Å²) in [5.41, 5.74) is 11.9. The fraction of sp³-hybridized carbons (Fsp3) is 1.00. The Labute approximate surface area is 76.7 Å². The van der Waals surface area contributed by atoms with Gasteiger partial charge in [0.05, 0.1) is 0 Å². The minimum absolute atomic E-state index is 0.0156. The summed E-state index contributed by atoms with van der Waals surface area (Å²) >= 11 is 0. The van der Waals surface area contributed by atoms with E-state index in [9.17, 15) is 0 Å². The van der Waals surface area contributed by atoms with Crippen molar-refractivity contribution in [3.8, 4) is 0 Å². The van der Waals surface area contributed by atoms with E-state index >= 15 is 0 Å². The molecule has 0 spiro atoms. The van der Waals surface area contributed by atoms with Crippen molar-refractivity contribution >= 4 is 0 Å². The molecule has 0 aromatic heterocycles. The zero-order valence-corrected chi connectivity index (χ0v) is 8.77. The standard InChI is InChI=1S/C10H24N2/c1-4-6-10(12,7-5-2)9(3)8-11/h9H,4-8,11-12H2,1-3H3. The molecule has 0 aliphatic heterocycles. The Morgan fingerprint density at radius 2 is 1.58 bits per heavy atom. The molecule has 0 aromatic carbocycles. The highest BCUT2D eigenvalue weighted by molar-refractivity contribution is 4.88. The van der Waals surface area contributed by atoms with Gasteiger partial charge in [0.1, 0.15) is 0 Å². The number of rotatable bonds is 6. The molecule has 0 saturated carbocycles. The van der Waals surface area contributed by atoms with Crippen molar-refractivity contribution in [3.05, 3.63) is 0 Å². The Kier molecular flexibility index (Phi) is 5.51. The summed E-state index contributed by atoms with van der Waals surface area (Å²) in [7, 11) is 0. The maximum Gasteiger partial charge on any atom is 0.0192 e. The van der Waals surface area contributed by atoms with E-state index in [0.29, 0.717) is 12.5 Å². The van der Waals surface area contributed by atoms with Crippen LogP contribution in [0.25, 0.3) is 0 Å². The van der Waals surface area contributed by atoms with Crippen LogP contribution in [0.2, 0.25) is 0 Å². The van der Waals surface area contributed by atoms with Crippen LogP contribution in [-0.4, -0.2) is 12.1 Å². The largest absolute Gasteiger partial charge is 0.330 e. The molecule has 0 heterocycles. The van der Waals surface area contributed by atoms with E-state index in [1.807, 2.05) is 0 Å². The minimum atomic E-state index is -0.0156. The van der Waals surface area contributed by atoms with Gasteiger partial charge in [-0.25, -0.2) is 0 Å². The van der Waals surface area contributed by atoms with Crippen LogP contribution >= 0.6 is 0 Å². The quantitative estimate of drug-likeness (QED) is 0.642. The lowest BCUT2D eigenvalue weighted by Crippen LogP contribution is -2.48. The third kappa shape index (κ3) is 3.11. The molecule has 12 heavy (non-hydrogen) atoms. The van der Waals surface area contributed by atoms with Crippen LogP contribution in [0.1, 0.15) is 46.5 Å². The highest BCUT2D eigenvalue weighted by Crippen LogP contribution is 2.24. The smallest absolute Gasteiger partial charge is 0.0192 e. The number of hydrogen-bond acceptors (Lipinski definition) is 2. The van der Waals surface area contributed by atoms with E-state index in [4.69, 9.17) is 11.5 Å². The molecule has 0 fully saturated rings. The van der Waals surface area contributed by atoms with Crippen LogP contribution < -0.4 is 11.5 Å². The average molecular weight is 172 g/mol. The molecular weight excluding hydrogens is 148 g/mol. The maximum atomic E-state index is 6.29. The van der Waals surface area contributed by atoms with Crippen LogP contribution in [0, 0.1) is 5.92 Å². The van der Waals surface area contributed by atoms with E-state index in [-0.39, 0.29) is 5.54 Å². The molecule has 1 atom stereocenters. The van der Waals surface area contributed by atoms with Gasteiger partial charge in [-0.05, 0) is 25.3 Å². The summed E-state index contributed by atoms with van der Waals surface area (Å²) in [5.74, 6) is 0.442. The zero-order chi connectivity index (χ0) is 9.61. The lowest BCUT2D eigenvalue weighted by molar-refractivity contribution is 0.252. The molecule has 1 unspecified atom stereocenters. The molecule has 0 amide bonds. The summed E-state index contributed by atoms with van der Waals surface area (Å²) in [5, 5.41) is 0. The Bertz CT molecular complexity index is 106. The third-order valence-corrected chi connectivity index (χ3v) is 2.77. The second-order valence-electron chi connectivity index (χ2n) is 3.87. The molecule has 0 bridgehead atoms. The summed E-state index contributed by atoms with van der Waals surface area (Å²) in [6.07, 6.45) is 4.50. The lowest BCUT2D eigenvalue weighted by Gasteiger charge is -2.34. The first-order valence-electron chi connectivity index (χ1n) is 5.09. The summed E-state index contributed by atoms with van der Waals surface area (Å²) < 4.78 is 0. The molecule has 74 valence electrons. The zero-order valence-electron chi connectivity index (χ0n) is 8.77. The molecule has 0 aromatic rings. The van der Waals surface area contributed by atoms with Gasteiger partial charge in [0.15, 0.2) is 0 Å². The molecule has 2 nitrogen and oxygen atoms in total. The number of hydrogen-bond donors (Lipinski definition) is 2. The molecule has 0 rings (SSSR count). The highest BCUT2D eigenvalue weighted by atomic mass is 14.8. The van der Waals surface area contributed by atoms with Gasteiger partial charge in [-0.1, -0.05) is 33.6 Å². The van der Waals surface area contributed by atoms with Crippen molar-refractivity contribution in [1.29, 1.82) is 0 Å². The predicted octanol–water partition coefficient (Wildman–Crippen LogP) is 1.88. The van der Waals surface area contributed by atoms with E-state index in [2.05, 4.69) is 20.8 Å². The topological polar surface area (TPSA) is 52.0 Å². The molecule has 0 saturated heterocycles. The van der Waals surface area contributed by atoms with Crippen LogP contribution in [-0.2, 0) is 0 Å². The van der Waals surface area contributed by atoms with Crippen LogP contribution in [0.5, 0.6) is 0 Å². The SMILES string of the molecule is CCCC(N)(CCC)C(C)CN. The van der Waals surface area contributed by atoms with E-state index in [1.54, 1.807) is 0 Å². The Hall–Kier alpha value is -0.0800. The molecular formula is C10H24N2. The van der Waals surface area contributed by atoms with Gasteiger partial charge >= 0.3 is 0 Å². The normalized spacial score (nSPS) is 14.8. The number of nitrogens with two attached hydrogens (primary N) is 2. The third-order valence-electron chi connectivity index (χ3n) is 2.77. The van der Waals surface area contributed by atoms with Crippen molar-refractivity contribution in [1.82, 2.24) is 0 Å². The Balaban J connectivity index is 4.15. The van der Waals surface area contributed by atoms with Crippen LogP contribution in [0.3, 0.4) is 0 Å². The van der Waals surface area contributed by atoms with Crippen molar-refractivity contribution in [3.63, 3.8) is 0 Å². The fourth-order valence-electron chi connectivity index (χ4n) is 1.78. The second-order valence-corrected chi connectivity index (χ2v) is 3.87. The van der Waals surface area contributed by atoms with E-state index in [1.165, 1.54) is 0 Å². The monoisotopic (exact) mass is 172 g/mol. The van der Waals surface area contributed by atoms with Crippen molar-refractivity contribution in [2.45, 2.75) is 52.0 Å². The summed E-state index contributed by atoms with van der Waals surface area (Å²) in [6.45, 7) is 7.23. The first-order valence-corrected chi connectivity index (χ1v) is 5.09. The second kappa shape index (κ2) is 5.55. The molecule has 4 N–H and O–H groups in total. The predicted molar refractivity (Wildman–Crippen MR) is 55.0 cm³/mol. The fourth-order valence-corrected chi connectivity index (χ4v) is 1.78. The average Bonchev–Trinajstić information content (AvgIpc) is 2.04. The highest BCUT2D eigenvalue weighted by Gasteiger charge is 2.28. The lowest BCUT2D eigenvalue weighted by atomic mass is 9.79. The molecule has 0 aliphatic carbocycles. The summed E-state index contributed by atoms with van der Waals surface area (Å²) in [6, 6.07) is 0. The molecule has 0 aliphatic rings. The van der Waals surface area contributed by atoms with Crippen molar-refractivity contribution < 1.29 is 0 Å². The van der Waals surface area contributed by atoms with E-state index < -0.39 is 0 Å². The van der Waals surface area contributed by atoms with Gasteiger partial charge in [-0.2, -0.15) is 0 Å². The van der Waals surface area contributed by atoms with Crippen molar-refractivity contribution in [2.24, 2.45) is 17.4 Å². The summed E-state index contributed by atoms with van der Waals surface area (Å²) in [4.78, 5) is 0. The van der Waals surface area contributed by atoms with Gasteiger partial charge in [0.2, 0.25) is 0 Å². The van der Waals surface area contributed by atoms with Crippen molar-refractivity contribution in [2.75, 3.05) is 6.54 Å². The van der Waals surface area contributed by atoms with Crippen LogP contribution in [0.4, 0.5) is 0 Å². The molecule has 0 radical (unpaired) electrons.